The number of Topliss-reactive ketones (excluding diaryl/α,β-unsaturated/α-hetero) is 4. The molecule has 0 aromatic heterocycles. The largest absolute Gasteiger partial charge is 0.507 e. The van der Waals surface area contributed by atoms with Gasteiger partial charge in [0, 0.05) is 5.92 Å². The summed E-state index contributed by atoms with van der Waals surface area (Å²) in [6, 6.07) is 2.97. The normalized spacial score (nSPS) is 37.0. The van der Waals surface area contributed by atoms with Crippen LogP contribution in [0.1, 0.15) is 28.8 Å². The van der Waals surface area contributed by atoms with Crippen molar-refractivity contribution in [2.24, 2.45) is 29.4 Å². The molecule has 8 atom stereocenters. The van der Waals surface area contributed by atoms with Gasteiger partial charge in [-0.05, 0) is 31.6 Å². The van der Waals surface area contributed by atoms with Crippen LogP contribution < -0.4 is 5.73 Å². The molecule has 4 rings (SSSR count). The Morgan fingerprint density at radius 1 is 1.18 bits per heavy atom. The van der Waals surface area contributed by atoms with Crippen molar-refractivity contribution in [3.05, 3.63) is 29.3 Å². The number of carbonyl (C=O) groups is 6. The lowest BCUT2D eigenvalue weighted by atomic mass is 9.49. The Morgan fingerprint density at radius 2 is 1.82 bits per heavy atom. The summed E-state index contributed by atoms with van der Waals surface area (Å²) in [4.78, 5) is 78.7. The Morgan fingerprint density at radius 3 is 2.38 bits per heavy atom. The molecule has 1 aromatic carbocycles. The number of aromatic hydroxyl groups is 1. The first kappa shape index (κ1) is 23.7. The molecule has 3 aliphatic carbocycles. The summed E-state index contributed by atoms with van der Waals surface area (Å²) in [5, 5.41) is 22.0. The van der Waals surface area contributed by atoms with Crippen LogP contribution in [0.3, 0.4) is 0 Å². The number of fused-ring (bicyclic) bond motifs is 3. The van der Waals surface area contributed by atoms with Crippen LogP contribution in [0.25, 0.3) is 0 Å². The molecule has 0 aliphatic heterocycles. The number of benzene rings is 1. The Balaban J connectivity index is 2.01. The summed E-state index contributed by atoms with van der Waals surface area (Å²) in [6.07, 6.45) is -1.42. The zero-order chi connectivity index (χ0) is 25.3. The number of rotatable bonds is 4. The van der Waals surface area contributed by atoms with Gasteiger partial charge < -0.3 is 20.7 Å². The van der Waals surface area contributed by atoms with E-state index in [0.29, 0.717) is 5.56 Å². The number of aliphatic hydroxyl groups is 1. The molecule has 1 aromatic rings. The molecule has 34 heavy (non-hydrogen) atoms. The SMILES string of the molecule is C[C@H]1c2cccc(O)c2C(=O)C2C(=O)[C@]3(O)C(=O)C(C(N)=O)C(=O)[C@@H](N(C)C)[C@@H]3[C@@H](OC=O)[C@@H]21. The molecule has 3 aliphatic rings. The van der Waals surface area contributed by atoms with Gasteiger partial charge in [0.1, 0.15) is 11.9 Å². The van der Waals surface area contributed by atoms with Crippen LogP contribution in [0.2, 0.25) is 0 Å². The van der Waals surface area contributed by atoms with Gasteiger partial charge >= 0.3 is 0 Å². The van der Waals surface area contributed by atoms with Gasteiger partial charge in [-0.1, -0.05) is 19.1 Å². The zero-order valence-electron chi connectivity index (χ0n) is 18.6. The highest BCUT2D eigenvalue weighted by molar-refractivity contribution is 6.32. The van der Waals surface area contributed by atoms with Crippen LogP contribution in [0.15, 0.2) is 18.2 Å². The Hall–Kier alpha value is -3.44. The van der Waals surface area contributed by atoms with Crippen LogP contribution >= 0.6 is 0 Å². The second-order valence-electron chi connectivity index (χ2n) is 9.31. The molecule has 0 radical (unpaired) electrons. The predicted molar refractivity (Wildman–Crippen MR) is 112 cm³/mol. The van der Waals surface area contributed by atoms with Gasteiger partial charge in [0.05, 0.1) is 23.4 Å². The van der Waals surface area contributed by atoms with E-state index in [2.05, 4.69) is 0 Å². The highest BCUT2D eigenvalue weighted by Crippen LogP contribution is 2.55. The Kier molecular flexibility index (Phi) is 5.45. The smallest absolute Gasteiger partial charge is 0.293 e. The predicted octanol–water partition coefficient (Wildman–Crippen LogP) is -1.42. The molecule has 0 bridgehead atoms. The maximum absolute atomic E-state index is 13.8. The van der Waals surface area contributed by atoms with Gasteiger partial charge in [0.25, 0.3) is 6.47 Å². The second-order valence-corrected chi connectivity index (χ2v) is 9.31. The number of phenols is 1. The molecule has 1 amide bonds. The summed E-state index contributed by atoms with van der Waals surface area (Å²) >= 11 is 0. The molecule has 2 unspecified atom stereocenters. The summed E-state index contributed by atoms with van der Waals surface area (Å²) in [5.41, 5.74) is 2.54. The number of ketones is 4. The molecule has 2 saturated carbocycles. The van der Waals surface area contributed by atoms with E-state index in [1.165, 1.54) is 31.1 Å². The van der Waals surface area contributed by atoms with Gasteiger partial charge in [0.15, 0.2) is 34.7 Å². The zero-order valence-corrected chi connectivity index (χ0v) is 18.6. The molecule has 4 N–H and O–H groups in total. The third-order valence-electron chi connectivity index (χ3n) is 7.54. The van der Waals surface area contributed by atoms with E-state index in [0.717, 1.165) is 0 Å². The first-order chi connectivity index (χ1) is 15.9. The Labute approximate surface area is 193 Å². The van der Waals surface area contributed by atoms with E-state index < -0.39 is 76.4 Å². The van der Waals surface area contributed by atoms with Crippen molar-refractivity contribution in [2.45, 2.75) is 30.6 Å². The highest BCUT2D eigenvalue weighted by atomic mass is 16.5. The number of hydrogen-bond donors (Lipinski definition) is 3. The van der Waals surface area contributed by atoms with Crippen molar-refractivity contribution in [1.29, 1.82) is 0 Å². The maximum atomic E-state index is 13.8. The van der Waals surface area contributed by atoms with Gasteiger partial charge in [0.2, 0.25) is 5.91 Å². The minimum Gasteiger partial charge on any atom is -0.507 e. The molecule has 180 valence electrons. The molecule has 0 heterocycles. The van der Waals surface area contributed by atoms with Crippen molar-refractivity contribution in [3.63, 3.8) is 0 Å². The molecule has 11 heteroatoms. The maximum Gasteiger partial charge on any atom is 0.293 e. The van der Waals surface area contributed by atoms with Gasteiger partial charge in [-0.2, -0.15) is 0 Å². The quantitative estimate of drug-likeness (QED) is 0.347. The number of ether oxygens (including phenoxy) is 1. The first-order valence-corrected chi connectivity index (χ1v) is 10.7. The van der Waals surface area contributed by atoms with E-state index >= 15 is 0 Å². The lowest BCUT2D eigenvalue weighted by molar-refractivity contribution is -0.201. The molecule has 2 fully saturated rings. The standard InChI is InChI=1S/C23H24N2O9/c1-8-9-5-4-6-10(27)12(9)17(28)13-11(8)19(34-7-26)15-16(25(2)3)18(29)14(22(24)32)21(31)23(15,33)20(13)30/h4-8,11,13-16,19,27,33H,1-3H3,(H2,24,32)/t8-,11+,13?,14?,15+,16-,19-,23-/m0/s1. The van der Waals surface area contributed by atoms with E-state index in [1.54, 1.807) is 13.0 Å². The minimum absolute atomic E-state index is 0.0645. The average Bonchev–Trinajstić information content (AvgIpc) is 2.75. The fraction of sp³-hybridized carbons (Fsp3) is 0.478. The van der Waals surface area contributed by atoms with Gasteiger partial charge in [-0.3, -0.25) is 33.7 Å². The summed E-state index contributed by atoms with van der Waals surface area (Å²) in [5.74, 6) is -13.2. The van der Waals surface area contributed by atoms with Crippen LogP contribution in [-0.4, -0.2) is 82.5 Å². The lowest BCUT2D eigenvalue weighted by Gasteiger charge is -2.56. The number of nitrogens with two attached hydrogens (primary N) is 1. The third-order valence-corrected chi connectivity index (χ3v) is 7.54. The van der Waals surface area contributed by atoms with E-state index in [4.69, 9.17) is 10.5 Å². The fourth-order valence-electron chi connectivity index (χ4n) is 6.15. The van der Waals surface area contributed by atoms with Crippen LogP contribution in [-0.2, 0) is 28.7 Å². The molecule has 0 spiro atoms. The fourth-order valence-corrected chi connectivity index (χ4v) is 6.15. The molecular weight excluding hydrogens is 448 g/mol. The lowest BCUT2D eigenvalue weighted by Crippen LogP contribution is -2.78. The van der Waals surface area contributed by atoms with Crippen molar-refractivity contribution in [2.75, 3.05) is 14.1 Å². The van der Waals surface area contributed by atoms with Crippen molar-refractivity contribution in [1.82, 2.24) is 4.90 Å². The Bertz CT molecular complexity index is 1150. The van der Waals surface area contributed by atoms with E-state index in [1.807, 2.05) is 0 Å². The summed E-state index contributed by atoms with van der Waals surface area (Å²) in [7, 11) is 2.88. The minimum atomic E-state index is -3.01. The number of primary amides is 1. The van der Waals surface area contributed by atoms with Crippen LogP contribution in [0.4, 0.5) is 0 Å². The first-order valence-electron chi connectivity index (χ1n) is 10.7. The molecular formula is C23H24N2O9. The van der Waals surface area contributed by atoms with Crippen molar-refractivity contribution in [3.8, 4) is 5.75 Å². The van der Waals surface area contributed by atoms with E-state index in [9.17, 15) is 39.0 Å². The number of likely N-dealkylation sites (N-methyl/N-ethyl adjacent to an activating group) is 1. The second kappa shape index (κ2) is 7.81. The average molecular weight is 472 g/mol. The topological polar surface area (TPSA) is 181 Å². The van der Waals surface area contributed by atoms with E-state index in [-0.39, 0.29) is 17.8 Å². The van der Waals surface area contributed by atoms with Crippen molar-refractivity contribution < 1.29 is 43.7 Å². The van der Waals surface area contributed by atoms with Crippen molar-refractivity contribution >= 4 is 35.5 Å². The molecule has 11 nitrogen and oxygen atoms in total. The van der Waals surface area contributed by atoms with Crippen LogP contribution in [0, 0.1) is 23.7 Å². The number of carbonyl (C=O) groups excluding carboxylic acids is 6. The number of hydrogen-bond acceptors (Lipinski definition) is 10. The summed E-state index contributed by atoms with van der Waals surface area (Å²) in [6.45, 7) is 1.72. The monoisotopic (exact) mass is 472 g/mol. The summed E-state index contributed by atoms with van der Waals surface area (Å²) < 4.78 is 5.32. The van der Waals surface area contributed by atoms with Gasteiger partial charge in [-0.15, -0.1) is 0 Å². The molecule has 0 saturated heterocycles. The number of amides is 1. The third kappa shape index (κ3) is 2.83. The van der Waals surface area contributed by atoms with Crippen LogP contribution in [0.5, 0.6) is 5.75 Å². The number of nitrogens with zero attached hydrogens (tertiary/aromatic N) is 1. The number of phenolic OH excluding ortho intramolecular Hbond substituents is 1. The highest BCUT2D eigenvalue weighted by Gasteiger charge is 2.73. The van der Waals surface area contributed by atoms with Gasteiger partial charge in [-0.25, -0.2) is 0 Å².